The zero-order valence-corrected chi connectivity index (χ0v) is 12.8. The fourth-order valence-corrected chi connectivity index (χ4v) is 2.19. The Morgan fingerprint density at radius 3 is 2.82 bits per heavy atom. The van der Waals surface area contributed by atoms with Crippen LogP contribution in [0.2, 0.25) is 0 Å². The summed E-state index contributed by atoms with van der Waals surface area (Å²) in [6.07, 6.45) is 1.42. The van der Waals surface area contributed by atoms with E-state index in [0.717, 1.165) is 5.56 Å². The summed E-state index contributed by atoms with van der Waals surface area (Å²) in [5.41, 5.74) is 1.33. The molecule has 0 aliphatic carbocycles. The van der Waals surface area contributed by atoms with Crippen LogP contribution in [0.15, 0.2) is 30.6 Å². The molecular formula is C15H19N5O2. The molecule has 1 aromatic heterocycles. The summed E-state index contributed by atoms with van der Waals surface area (Å²) in [4.78, 5) is 29.6. The van der Waals surface area contributed by atoms with Crippen LogP contribution in [0.1, 0.15) is 17.3 Å². The van der Waals surface area contributed by atoms with Gasteiger partial charge in [0.2, 0.25) is 5.91 Å². The maximum Gasteiger partial charge on any atom is 0.253 e. The molecule has 0 radical (unpaired) electrons. The normalized spacial score (nSPS) is 11.8. The average molecular weight is 301 g/mol. The van der Waals surface area contributed by atoms with Crippen molar-refractivity contribution in [2.24, 2.45) is 5.92 Å². The van der Waals surface area contributed by atoms with E-state index < -0.39 is 0 Å². The number of nitrogens with one attached hydrogen (secondary N) is 2. The molecule has 0 unspecified atom stereocenters. The summed E-state index contributed by atoms with van der Waals surface area (Å²) in [6.45, 7) is 2.14. The van der Waals surface area contributed by atoms with Crippen LogP contribution >= 0.6 is 0 Å². The van der Waals surface area contributed by atoms with E-state index in [2.05, 4.69) is 20.5 Å². The molecule has 0 spiro atoms. The summed E-state index contributed by atoms with van der Waals surface area (Å²) >= 11 is 0. The summed E-state index contributed by atoms with van der Waals surface area (Å²) in [5, 5.41) is 9.15. The Balaban J connectivity index is 2.12. The van der Waals surface area contributed by atoms with Crippen molar-refractivity contribution in [3.63, 3.8) is 0 Å². The second kappa shape index (κ2) is 6.84. The van der Waals surface area contributed by atoms with E-state index >= 15 is 0 Å². The van der Waals surface area contributed by atoms with E-state index in [-0.39, 0.29) is 17.7 Å². The van der Waals surface area contributed by atoms with Crippen LogP contribution in [0.25, 0.3) is 11.4 Å². The molecule has 2 N–H and O–H groups in total. The molecule has 0 aliphatic heterocycles. The molecule has 0 bridgehead atoms. The standard InChI is InChI=1S/C15H19N5O2/c1-10(14(21)16-2)8-20(3)15(22)12-6-4-5-11(7-12)13-17-9-18-19-13/h4-7,9-10H,8H2,1-3H3,(H,16,21)(H,17,18,19)/t10-/m0/s1. The number of aromatic nitrogens is 3. The predicted octanol–water partition coefficient (Wildman–Crippen LogP) is 0.926. The lowest BCUT2D eigenvalue weighted by molar-refractivity contribution is -0.124. The number of amides is 2. The van der Waals surface area contributed by atoms with Gasteiger partial charge in [0.05, 0.1) is 5.92 Å². The van der Waals surface area contributed by atoms with Crippen LogP contribution in [0.5, 0.6) is 0 Å². The highest BCUT2D eigenvalue weighted by Gasteiger charge is 2.18. The number of rotatable bonds is 5. The average Bonchev–Trinajstić information content (AvgIpc) is 3.07. The second-order valence-electron chi connectivity index (χ2n) is 5.12. The molecule has 1 heterocycles. The molecule has 7 heteroatoms. The minimum absolute atomic E-state index is 0.0879. The molecule has 2 amide bonds. The number of H-pyrrole nitrogens is 1. The number of carbonyl (C=O) groups excluding carboxylic acids is 2. The van der Waals surface area contributed by atoms with Gasteiger partial charge in [-0.2, -0.15) is 5.10 Å². The van der Waals surface area contributed by atoms with Crippen molar-refractivity contribution in [3.8, 4) is 11.4 Å². The first-order valence-corrected chi connectivity index (χ1v) is 6.95. The SMILES string of the molecule is CNC(=O)[C@@H](C)CN(C)C(=O)c1cccc(-c2ncn[nH]2)c1. The Bertz CT molecular complexity index is 654. The predicted molar refractivity (Wildman–Crippen MR) is 82.0 cm³/mol. The summed E-state index contributed by atoms with van der Waals surface area (Å²) in [5.74, 6) is 0.111. The summed E-state index contributed by atoms with van der Waals surface area (Å²) in [6, 6.07) is 7.14. The molecule has 1 atom stereocenters. The van der Waals surface area contributed by atoms with Gasteiger partial charge in [0, 0.05) is 31.8 Å². The van der Waals surface area contributed by atoms with Crippen molar-refractivity contribution in [2.75, 3.05) is 20.6 Å². The first kappa shape index (κ1) is 15.7. The van der Waals surface area contributed by atoms with E-state index in [1.165, 1.54) is 6.33 Å². The molecule has 2 aromatic rings. The zero-order chi connectivity index (χ0) is 16.1. The highest BCUT2D eigenvalue weighted by molar-refractivity contribution is 5.95. The van der Waals surface area contributed by atoms with Gasteiger partial charge in [-0.25, -0.2) is 4.98 Å². The first-order chi connectivity index (χ1) is 10.5. The zero-order valence-electron chi connectivity index (χ0n) is 12.8. The third kappa shape index (κ3) is 3.49. The lowest BCUT2D eigenvalue weighted by atomic mass is 10.1. The van der Waals surface area contributed by atoms with Crippen LogP contribution in [-0.4, -0.2) is 52.5 Å². The Morgan fingerprint density at radius 1 is 1.41 bits per heavy atom. The molecule has 0 aliphatic rings. The Hall–Kier alpha value is -2.70. The van der Waals surface area contributed by atoms with E-state index in [1.807, 2.05) is 6.07 Å². The van der Waals surface area contributed by atoms with Gasteiger partial charge in [0.1, 0.15) is 6.33 Å². The van der Waals surface area contributed by atoms with Crippen LogP contribution in [0.3, 0.4) is 0 Å². The van der Waals surface area contributed by atoms with Gasteiger partial charge in [0.25, 0.3) is 5.91 Å². The molecule has 2 rings (SSSR count). The van der Waals surface area contributed by atoms with Gasteiger partial charge < -0.3 is 10.2 Å². The highest BCUT2D eigenvalue weighted by atomic mass is 16.2. The molecule has 0 fully saturated rings. The monoisotopic (exact) mass is 301 g/mol. The lowest BCUT2D eigenvalue weighted by Gasteiger charge is -2.21. The highest BCUT2D eigenvalue weighted by Crippen LogP contribution is 2.16. The molecular weight excluding hydrogens is 282 g/mol. The molecule has 7 nitrogen and oxygen atoms in total. The Kier molecular flexibility index (Phi) is 4.88. The van der Waals surface area contributed by atoms with Gasteiger partial charge in [-0.15, -0.1) is 0 Å². The Labute approximate surface area is 128 Å². The quantitative estimate of drug-likeness (QED) is 0.859. The topological polar surface area (TPSA) is 91.0 Å². The van der Waals surface area contributed by atoms with Gasteiger partial charge in [-0.1, -0.05) is 19.1 Å². The molecule has 22 heavy (non-hydrogen) atoms. The van der Waals surface area contributed by atoms with Crippen molar-refractivity contribution in [1.29, 1.82) is 0 Å². The molecule has 0 saturated carbocycles. The molecule has 0 saturated heterocycles. The number of nitrogens with zero attached hydrogens (tertiary/aromatic N) is 3. The van der Waals surface area contributed by atoms with Crippen LogP contribution < -0.4 is 5.32 Å². The van der Waals surface area contributed by atoms with Crippen molar-refractivity contribution in [1.82, 2.24) is 25.4 Å². The number of hydrogen-bond acceptors (Lipinski definition) is 4. The van der Waals surface area contributed by atoms with E-state index in [0.29, 0.717) is 17.9 Å². The number of aromatic amines is 1. The van der Waals surface area contributed by atoms with Crippen LogP contribution in [-0.2, 0) is 4.79 Å². The van der Waals surface area contributed by atoms with Gasteiger partial charge in [-0.3, -0.25) is 14.7 Å². The third-order valence-corrected chi connectivity index (χ3v) is 3.39. The second-order valence-corrected chi connectivity index (χ2v) is 5.12. The van der Waals surface area contributed by atoms with Crippen molar-refractivity contribution in [2.45, 2.75) is 6.92 Å². The van der Waals surface area contributed by atoms with Crippen LogP contribution in [0.4, 0.5) is 0 Å². The third-order valence-electron chi connectivity index (χ3n) is 3.39. The number of benzene rings is 1. The first-order valence-electron chi connectivity index (χ1n) is 6.95. The molecule has 116 valence electrons. The van der Waals surface area contributed by atoms with E-state index in [1.54, 1.807) is 44.1 Å². The largest absolute Gasteiger partial charge is 0.359 e. The number of hydrogen-bond donors (Lipinski definition) is 2. The van der Waals surface area contributed by atoms with E-state index in [9.17, 15) is 9.59 Å². The van der Waals surface area contributed by atoms with Crippen LogP contribution in [0, 0.1) is 5.92 Å². The minimum atomic E-state index is -0.267. The lowest BCUT2D eigenvalue weighted by Crippen LogP contribution is -2.37. The maximum atomic E-state index is 12.5. The van der Waals surface area contributed by atoms with Gasteiger partial charge >= 0.3 is 0 Å². The molecule has 1 aromatic carbocycles. The Morgan fingerprint density at radius 2 is 2.18 bits per heavy atom. The van der Waals surface area contributed by atoms with Crippen molar-refractivity contribution >= 4 is 11.8 Å². The summed E-state index contributed by atoms with van der Waals surface area (Å²) in [7, 11) is 3.27. The van der Waals surface area contributed by atoms with Gasteiger partial charge in [0.15, 0.2) is 5.82 Å². The van der Waals surface area contributed by atoms with E-state index in [4.69, 9.17) is 0 Å². The van der Waals surface area contributed by atoms with Crippen molar-refractivity contribution in [3.05, 3.63) is 36.2 Å². The number of carbonyl (C=O) groups is 2. The fourth-order valence-electron chi connectivity index (χ4n) is 2.19. The van der Waals surface area contributed by atoms with Crippen molar-refractivity contribution < 1.29 is 9.59 Å². The fraction of sp³-hybridized carbons (Fsp3) is 0.333. The summed E-state index contributed by atoms with van der Waals surface area (Å²) < 4.78 is 0. The van der Waals surface area contributed by atoms with Gasteiger partial charge in [-0.05, 0) is 12.1 Å². The minimum Gasteiger partial charge on any atom is -0.359 e. The smallest absolute Gasteiger partial charge is 0.253 e. The maximum absolute atomic E-state index is 12.5.